The fraction of sp³-hybridized carbons (Fsp3) is 0.889. The van der Waals surface area contributed by atoms with Gasteiger partial charge in [-0.1, -0.05) is 124 Å². The van der Waals surface area contributed by atoms with E-state index in [-0.39, 0.29) is 11.6 Å². The lowest BCUT2D eigenvalue weighted by Gasteiger charge is -2.12. The molecule has 0 fully saturated rings. The molecule has 0 heterocycles. The molecule has 1 radical (unpaired) electrons. The van der Waals surface area contributed by atoms with Crippen molar-refractivity contribution >= 4 is 11.6 Å². The molecule has 0 unspecified atom stereocenters. The maximum Gasteiger partial charge on any atom is 0.147 e. The van der Waals surface area contributed by atoms with Crippen molar-refractivity contribution in [2.75, 3.05) is 0 Å². The maximum atomic E-state index is 12.4. The first-order valence-corrected chi connectivity index (χ1v) is 13.1. The van der Waals surface area contributed by atoms with Gasteiger partial charge in [0.1, 0.15) is 17.5 Å². The first-order valence-electron chi connectivity index (χ1n) is 13.1. The van der Waals surface area contributed by atoms with Crippen LogP contribution in [0.25, 0.3) is 0 Å². The molecule has 0 rings (SSSR count). The molecule has 0 aromatic rings. The van der Waals surface area contributed by atoms with Crippen LogP contribution in [0.4, 0.5) is 0 Å². The standard InChI is InChI=1S/C27H51O2/c1-4-7-9-11-13-15-17-19-21-23-26(28)25(6-3)27(29)24-22-20-18-16-14-12-10-8-5-2/h4-24H2,1-3H3. The number of hydrogen-bond donors (Lipinski definition) is 0. The Hall–Kier alpha value is -0.660. The van der Waals surface area contributed by atoms with Gasteiger partial charge in [-0.2, -0.15) is 0 Å². The highest BCUT2D eigenvalue weighted by atomic mass is 16.1. The Bertz CT molecular complexity index is 341. The predicted molar refractivity (Wildman–Crippen MR) is 127 cm³/mol. The second-order valence-electron chi connectivity index (χ2n) is 8.84. The Balaban J connectivity index is 3.69. The molecule has 0 saturated heterocycles. The fourth-order valence-electron chi connectivity index (χ4n) is 4.04. The number of Topliss-reactive ketones (excluding diaryl/α,β-unsaturated/α-hetero) is 2. The molecule has 2 heteroatoms. The van der Waals surface area contributed by atoms with Crippen molar-refractivity contribution < 1.29 is 9.59 Å². The summed E-state index contributed by atoms with van der Waals surface area (Å²) in [5, 5.41) is 0. The normalized spacial score (nSPS) is 11.3. The predicted octanol–water partition coefficient (Wildman–Crippen LogP) is 8.95. The van der Waals surface area contributed by atoms with Crippen LogP contribution in [-0.4, -0.2) is 11.6 Å². The second-order valence-corrected chi connectivity index (χ2v) is 8.84. The molecule has 0 saturated carbocycles. The van der Waals surface area contributed by atoms with E-state index in [0.29, 0.717) is 25.2 Å². The minimum absolute atomic E-state index is 0.122. The summed E-state index contributed by atoms with van der Waals surface area (Å²) in [5.74, 6) is 0.830. The molecular weight excluding hydrogens is 356 g/mol. The van der Waals surface area contributed by atoms with Gasteiger partial charge in [-0.05, 0) is 19.3 Å². The Kier molecular flexibility index (Phi) is 21.5. The largest absolute Gasteiger partial charge is 0.299 e. The third-order valence-electron chi connectivity index (χ3n) is 6.04. The van der Waals surface area contributed by atoms with Gasteiger partial charge in [0.15, 0.2) is 0 Å². The molecular formula is C27H51O2. The summed E-state index contributed by atoms with van der Waals surface area (Å²) in [6.07, 6.45) is 24.4. The van der Waals surface area contributed by atoms with E-state index >= 15 is 0 Å². The van der Waals surface area contributed by atoms with Crippen molar-refractivity contribution in [2.24, 2.45) is 0 Å². The van der Waals surface area contributed by atoms with Crippen LogP contribution in [0.2, 0.25) is 0 Å². The van der Waals surface area contributed by atoms with Gasteiger partial charge in [-0.15, -0.1) is 0 Å². The SMILES string of the molecule is CCCCCCCCCCCC(=O)[C](CC)C(=O)CCCCCCCCCCC. The van der Waals surface area contributed by atoms with Gasteiger partial charge in [-0.3, -0.25) is 9.59 Å². The zero-order valence-corrected chi connectivity index (χ0v) is 20.2. The Labute approximate surface area is 183 Å². The first kappa shape index (κ1) is 28.3. The molecule has 0 bridgehead atoms. The van der Waals surface area contributed by atoms with Gasteiger partial charge in [0, 0.05) is 12.8 Å². The number of rotatable bonds is 23. The number of unbranched alkanes of at least 4 members (excludes halogenated alkanes) is 16. The van der Waals surface area contributed by atoms with Crippen molar-refractivity contribution in [3.8, 4) is 0 Å². The number of ketones is 2. The molecule has 0 atom stereocenters. The molecule has 0 aliphatic carbocycles. The summed E-state index contributed by atoms with van der Waals surface area (Å²) < 4.78 is 0. The van der Waals surface area contributed by atoms with Crippen LogP contribution in [0.15, 0.2) is 0 Å². The van der Waals surface area contributed by atoms with Gasteiger partial charge in [0.2, 0.25) is 0 Å². The second kappa shape index (κ2) is 22.0. The zero-order chi connectivity index (χ0) is 21.6. The van der Waals surface area contributed by atoms with Crippen LogP contribution >= 0.6 is 0 Å². The molecule has 0 aliphatic rings. The van der Waals surface area contributed by atoms with Gasteiger partial charge in [0.05, 0.1) is 0 Å². The maximum absolute atomic E-state index is 12.4. The summed E-state index contributed by atoms with van der Waals surface area (Å²) in [5.41, 5.74) is 0. The Morgan fingerprint density at radius 2 is 0.690 bits per heavy atom. The third kappa shape index (κ3) is 17.9. The van der Waals surface area contributed by atoms with E-state index in [4.69, 9.17) is 0 Å². The Morgan fingerprint density at radius 1 is 0.414 bits per heavy atom. The topological polar surface area (TPSA) is 34.1 Å². The van der Waals surface area contributed by atoms with E-state index in [1.165, 1.54) is 89.9 Å². The van der Waals surface area contributed by atoms with E-state index < -0.39 is 0 Å². The van der Waals surface area contributed by atoms with Gasteiger partial charge in [-0.25, -0.2) is 0 Å². The van der Waals surface area contributed by atoms with Crippen molar-refractivity contribution in [2.45, 2.75) is 156 Å². The molecule has 171 valence electrons. The van der Waals surface area contributed by atoms with Crippen molar-refractivity contribution in [1.29, 1.82) is 0 Å². The van der Waals surface area contributed by atoms with E-state index in [1.807, 2.05) is 6.92 Å². The average molecular weight is 408 g/mol. The third-order valence-corrected chi connectivity index (χ3v) is 6.04. The Morgan fingerprint density at radius 3 is 0.966 bits per heavy atom. The summed E-state index contributed by atoms with van der Waals surface area (Å²) in [6, 6.07) is 0. The van der Waals surface area contributed by atoms with Crippen molar-refractivity contribution in [3.63, 3.8) is 0 Å². The van der Waals surface area contributed by atoms with Crippen molar-refractivity contribution in [1.82, 2.24) is 0 Å². The monoisotopic (exact) mass is 407 g/mol. The van der Waals surface area contributed by atoms with Crippen LogP contribution < -0.4 is 0 Å². The highest BCUT2D eigenvalue weighted by molar-refractivity contribution is 6.16. The lowest BCUT2D eigenvalue weighted by atomic mass is 9.89. The molecule has 0 spiro atoms. The number of carbonyl (C=O) groups is 2. The molecule has 0 amide bonds. The smallest absolute Gasteiger partial charge is 0.147 e. The van der Waals surface area contributed by atoms with Gasteiger partial charge in [0.25, 0.3) is 0 Å². The zero-order valence-electron chi connectivity index (χ0n) is 20.2. The highest BCUT2D eigenvalue weighted by Gasteiger charge is 2.24. The minimum Gasteiger partial charge on any atom is -0.299 e. The quantitative estimate of drug-likeness (QED) is 0.125. The van der Waals surface area contributed by atoms with E-state index in [2.05, 4.69) is 13.8 Å². The highest BCUT2D eigenvalue weighted by Crippen LogP contribution is 2.19. The van der Waals surface area contributed by atoms with Gasteiger partial charge < -0.3 is 0 Å². The van der Waals surface area contributed by atoms with Crippen molar-refractivity contribution in [3.05, 3.63) is 5.92 Å². The van der Waals surface area contributed by atoms with Crippen LogP contribution in [0.5, 0.6) is 0 Å². The van der Waals surface area contributed by atoms with E-state index in [0.717, 1.165) is 25.7 Å². The molecule has 2 nitrogen and oxygen atoms in total. The lowest BCUT2D eigenvalue weighted by molar-refractivity contribution is -0.124. The molecule has 0 N–H and O–H groups in total. The minimum atomic E-state index is 0.122. The molecule has 29 heavy (non-hydrogen) atoms. The number of hydrogen-bond acceptors (Lipinski definition) is 2. The first-order chi connectivity index (χ1) is 14.2. The van der Waals surface area contributed by atoms with E-state index in [1.54, 1.807) is 0 Å². The van der Waals surface area contributed by atoms with Gasteiger partial charge >= 0.3 is 0 Å². The van der Waals surface area contributed by atoms with E-state index in [9.17, 15) is 9.59 Å². The molecule has 0 aromatic heterocycles. The summed E-state index contributed by atoms with van der Waals surface area (Å²) in [4.78, 5) is 24.9. The van der Waals surface area contributed by atoms with Crippen LogP contribution in [0.3, 0.4) is 0 Å². The summed E-state index contributed by atoms with van der Waals surface area (Å²) in [6.45, 7) is 6.46. The van der Waals surface area contributed by atoms with Crippen LogP contribution in [-0.2, 0) is 9.59 Å². The average Bonchev–Trinajstić information content (AvgIpc) is 2.72. The van der Waals surface area contributed by atoms with Crippen LogP contribution in [0, 0.1) is 5.92 Å². The summed E-state index contributed by atoms with van der Waals surface area (Å²) in [7, 11) is 0. The summed E-state index contributed by atoms with van der Waals surface area (Å²) >= 11 is 0. The lowest BCUT2D eigenvalue weighted by Crippen LogP contribution is -2.21. The molecule has 0 aliphatic heterocycles. The number of carbonyl (C=O) groups excluding carboxylic acids is 2. The molecule has 0 aromatic carbocycles. The fourth-order valence-corrected chi connectivity index (χ4v) is 4.04. The van der Waals surface area contributed by atoms with Crippen LogP contribution in [0.1, 0.15) is 156 Å².